The van der Waals surface area contributed by atoms with Gasteiger partial charge in [-0.15, -0.1) is 0 Å². The Morgan fingerprint density at radius 2 is 2.08 bits per heavy atom. The van der Waals surface area contributed by atoms with Gasteiger partial charge in [-0.05, 0) is 5.92 Å². The Labute approximate surface area is 77.7 Å². The first kappa shape index (κ1) is 8.91. The summed E-state index contributed by atoms with van der Waals surface area (Å²) < 4.78 is 10.4. The van der Waals surface area contributed by atoms with Gasteiger partial charge in [0.2, 0.25) is 0 Å². The highest BCUT2D eigenvalue weighted by atomic mass is 16.7. The average molecular weight is 182 g/mol. The molecule has 2 aliphatic carbocycles. The van der Waals surface area contributed by atoms with Crippen LogP contribution in [0.25, 0.3) is 0 Å². The van der Waals surface area contributed by atoms with Gasteiger partial charge < -0.3 is 9.47 Å². The quantitative estimate of drug-likeness (QED) is 0.482. The number of ether oxygens (including phenoxy) is 2. The third-order valence-electron chi connectivity index (χ3n) is 3.06. The van der Waals surface area contributed by atoms with Gasteiger partial charge in [-0.3, -0.25) is 4.79 Å². The molecule has 3 unspecified atom stereocenters. The molecule has 0 heterocycles. The van der Waals surface area contributed by atoms with Crippen molar-refractivity contribution in [3.05, 3.63) is 12.2 Å². The van der Waals surface area contributed by atoms with E-state index in [4.69, 9.17) is 9.47 Å². The van der Waals surface area contributed by atoms with Crippen LogP contribution >= 0.6 is 0 Å². The van der Waals surface area contributed by atoms with Crippen molar-refractivity contribution in [3.63, 3.8) is 0 Å². The smallest absolute Gasteiger partial charge is 0.161 e. The molecule has 3 atom stereocenters. The monoisotopic (exact) mass is 182 g/mol. The fourth-order valence-corrected chi connectivity index (χ4v) is 2.46. The molecule has 0 aromatic rings. The van der Waals surface area contributed by atoms with E-state index in [2.05, 4.69) is 6.08 Å². The van der Waals surface area contributed by atoms with Gasteiger partial charge in [0.25, 0.3) is 0 Å². The van der Waals surface area contributed by atoms with Crippen LogP contribution in [0.15, 0.2) is 12.2 Å². The summed E-state index contributed by atoms with van der Waals surface area (Å²) in [4.78, 5) is 11.4. The number of carbonyl (C=O) groups excluding carboxylic acids is 1. The van der Waals surface area contributed by atoms with Gasteiger partial charge in [0.15, 0.2) is 6.29 Å². The molecule has 1 fully saturated rings. The maximum Gasteiger partial charge on any atom is 0.161 e. The number of rotatable bonds is 3. The first-order valence-corrected chi connectivity index (χ1v) is 4.54. The minimum absolute atomic E-state index is 0.0369. The third kappa shape index (κ3) is 1.23. The van der Waals surface area contributed by atoms with Crippen LogP contribution in [0.2, 0.25) is 0 Å². The zero-order chi connectivity index (χ0) is 9.42. The Bertz CT molecular complexity index is 243. The summed E-state index contributed by atoms with van der Waals surface area (Å²) in [5.74, 6) is 0.913. The molecule has 0 aromatic carbocycles. The zero-order valence-electron chi connectivity index (χ0n) is 7.90. The summed E-state index contributed by atoms with van der Waals surface area (Å²) in [6, 6.07) is 0. The van der Waals surface area contributed by atoms with Crippen molar-refractivity contribution in [3.8, 4) is 0 Å². The standard InChI is InChI=1S/C10H14O3/c1-12-10(13-2)9-6-3-4-7(9)8(11)5-6/h3-4,6-7,9-10H,5H2,1-2H3. The number of fused-ring (bicyclic) bond motifs is 2. The van der Waals surface area contributed by atoms with Crippen molar-refractivity contribution in [1.29, 1.82) is 0 Å². The lowest BCUT2D eigenvalue weighted by Crippen LogP contribution is -2.29. The van der Waals surface area contributed by atoms with Crippen LogP contribution in [-0.4, -0.2) is 26.3 Å². The van der Waals surface area contributed by atoms with Crippen molar-refractivity contribution in [1.82, 2.24) is 0 Å². The molecule has 0 N–H and O–H groups in total. The third-order valence-corrected chi connectivity index (χ3v) is 3.06. The fraction of sp³-hybridized carbons (Fsp3) is 0.700. The highest BCUT2D eigenvalue weighted by molar-refractivity contribution is 5.87. The molecule has 0 saturated heterocycles. The molecule has 72 valence electrons. The number of hydrogen-bond donors (Lipinski definition) is 0. The van der Waals surface area contributed by atoms with Crippen molar-refractivity contribution in [2.45, 2.75) is 12.7 Å². The lowest BCUT2D eigenvalue weighted by Gasteiger charge is -2.23. The van der Waals surface area contributed by atoms with E-state index in [-0.39, 0.29) is 18.1 Å². The Balaban J connectivity index is 2.15. The van der Waals surface area contributed by atoms with E-state index < -0.39 is 0 Å². The molecule has 2 rings (SSSR count). The van der Waals surface area contributed by atoms with E-state index >= 15 is 0 Å². The van der Waals surface area contributed by atoms with E-state index in [0.717, 1.165) is 0 Å². The molecule has 13 heavy (non-hydrogen) atoms. The van der Waals surface area contributed by atoms with Crippen LogP contribution < -0.4 is 0 Å². The summed E-state index contributed by atoms with van der Waals surface area (Å²) in [5, 5.41) is 0. The topological polar surface area (TPSA) is 35.5 Å². The molecule has 0 amide bonds. The lowest BCUT2D eigenvalue weighted by molar-refractivity contribution is -0.148. The predicted molar refractivity (Wildman–Crippen MR) is 47.0 cm³/mol. The Hall–Kier alpha value is -0.670. The first-order chi connectivity index (χ1) is 6.27. The Kier molecular flexibility index (Phi) is 2.22. The minimum atomic E-state index is -0.239. The second kappa shape index (κ2) is 3.24. The highest BCUT2D eigenvalue weighted by Gasteiger charge is 2.48. The van der Waals surface area contributed by atoms with Crippen LogP contribution in [0, 0.1) is 17.8 Å². The van der Waals surface area contributed by atoms with Crippen molar-refractivity contribution in [2.24, 2.45) is 17.8 Å². The summed E-state index contributed by atoms with van der Waals surface area (Å²) in [6.07, 6.45) is 4.53. The van der Waals surface area contributed by atoms with Gasteiger partial charge in [0.1, 0.15) is 5.78 Å². The molecule has 0 spiro atoms. The number of hydrogen-bond acceptors (Lipinski definition) is 3. The van der Waals surface area contributed by atoms with E-state index in [1.807, 2.05) is 6.08 Å². The summed E-state index contributed by atoms with van der Waals surface area (Å²) in [6.45, 7) is 0. The number of ketones is 1. The summed E-state index contributed by atoms with van der Waals surface area (Å²) >= 11 is 0. The number of methoxy groups -OCH3 is 2. The number of Topliss-reactive ketones (excluding diaryl/α,β-unsaturated/α-hetero) is 1. The van der Waals surface area contributed by atoms with Gasteiger partial charge in [-0.1, -0.05) is 12.2 Å². The molecule has 0 aromatic heterocycles. The Morgan fingerprint density at radius 1 is 1.38 bits per heavy atom. The predicted octanol–water partition coefficient (Wildman–Crippen LogP) is 0.997. The van der Waals surface area contributed by atoms with E-state index in [0.29, 0.717) is 18.1 Å². The molecule has 3 nitrogen and oxygen atoms in total. The van der Waals surface area contributed by atoms with Gasteiger partial charge in [0, 0.05) is 32.5 Å². The van der Waals surface area contributed by atoms with Crippen molar-refractivity contribution < 1.29 is 14.3 Å². The summed E-state index contributed by atoms with van der Waals surface area (Å²) in [5.41, 5.74) is 0. The molecular weight excluding hydrogens is 168 g/mol. The maximum atomic E-state index is 11.4. The molecule has 0 aliphatic heterocycles. The highest BCUT2D eigenvalue weighted by Crippen LogP contribution is 2.44. The second-order valence-electron chi connectivity index (χ2n) is 3.66. The van der Waals surface area contributed by atoms with E-state index in [1.165, 1.54) is 0 Å². The molecule has 1 saturated carbocycles. The normalized spacial score (nSPS) is 36.5. The molecule has 2 bridgehead atoms. The maximum absolute atomic E-state index is 11.4. The fourth-order valence-electron chi connectivity index (χ4n) is 2.46. The zero-order valence-corrected chi connectivity index (χ0v) is 7.90. The Morgan fingerprint density at radius 3 is 2.46 bits per heavy atom. The van der Waals surface area contributed by atoms with E-state index in [1.54, 1.807) is 14.2 Å². The van der Waals surface area contributed by atoms with Crippen LogP contribution in [0.1, 0.15) is 6.42 Å². The first-order valence-electron chi connectivity index (χ1n) is 4.54. The molecule has 2 aliphatic rings. The van der Waals surface area contributed by atoms with Crippen LogP contribution in [0.4, 0.5) is 0 Å². The minimum Gasteiger partial charge on any atom is -0.356 e. The van der Waals surface area contributed by atoms with Gasteiger partial charge >= 0.3 is 0 Å². The number of carbonyl (C=O) groups is 1. The molecule has 0 radical (unpaired) electrons. The largest absolute Gasteiger partial charge is 0.356 e. The average Bonchev–Trinajstić information content (AvgIpc) is 2.64. The second-order valence-corrected chi connectivity index (χ2v) is 3.66. The molecular formula is C10H14O3. The SMILES string of the molecule is COC(OC)C1C2C=CC1C(=O)C2. The van der Waals surface area contributed by atoms with Crippen molar-refractivity contribution >= 4 is 5.78 Å². The van der Waals surface area contributed by atoms with Crippen LogP contribution in [-0.2, 0) is 14.3 Å². The number of allylic oxidation sites excluding steroid dienone is 2. The van der Waals surface area contributed by atoms with Crippen molar-refractivity contribution in [2.75, 3.05) is 14.2 Å². The van der Waals surface area contributed by atoms with Gasteiger partial charge in [0.05, 0.1) is 0 Å². The van der Waals surface area contributed by atoms with Gasteiger partial charge in [-0.25, -0.2) is 0 Å². The van der Waals surface area contributed by atoms with Crippen LogP contribution in [0.3, 0.4) is 0 Å². The van der Waals surface area contributed by atoms with Gasteiger partial charge in [-0.2, -0.15) is 0 Å². The molecule has 3 heteroatoms. The lowest BCUT2D eigenvalue weighted by atomic mass is 9.96. The van der Waals surface area contributed by atoms with Crippen LogP contribution in [0.5, 0.6) is 0 Å². The van der Waals surface area contributed by atoms with E-state index in [9.17, 15) is 4.79 Å². The summed E-state index contributed by atoms with van der Waals surface area (Å²) in [7, 11) is 3.24.